The summed E-state index contributed by atoms with van der Waals surface area (Å²) in [4.78, 5) is 2.34. The summed E-state index contributed by atoms with van der Waals surface area (Å²) in [6, 6.07) is 4.95. The molecule has 124 valence electrons. The number of nitrogens with zero attached hydrogens (tertiary/aromatic N) is 1. The first kappa shape index (κ1) is 17.1. The maximum Gasteiger partial charge on any atom is 0.416 e. The molecule has 0 spiro atoms. The second-order valence-corrected chi connectivity index (χ2v) is 7.35. The van der Waals surface area contributed by atoms with E-state index < -0.39 is 11.7 Å². The standard InChI is InChI=1S/C17H24F3NO/c1-15(2)10-14(11-16(3,4)21(15)5)22-13-8-6-12(7-9-13)17(18,19)20/h6-9,14H,10-11H2,1-5H3. The van der Waals surface area contributed by atoms with Gasteiger partial charge in [-0.1, -0.05) is 0 Å². The molecule has 0 aliphatic carbocycles. The van der Waals surface area contributed by atoms with Gasteiger partial charge in [0.1, 0.15) is 11.9 Å². The molecule has 0 radical (unpaired) electrons. The lowest BCUT2D eigenvalue weighted by Crippen LogP contribution is -2.60. The van der Waals surface area contributed by atoms with Crippen LogP contribution >= 0.6 is 0 Å². The van der Waals surface area contributed by atoms with Crippen molar-refractivity contribution >= 4 is 0 Å². The van der Waals surface area contributed by atoms with E-state index in [2.05, 4.69) is 39.6 Å². The van der Waals surface area contributed by atoms with Crippen LogP contribution in [0, 0.1) is 0 Å². The average molecular weight is 315 g/mol. The molecule has 1 fully saturated rings. The highest BCUT2D eigenvalue weighted by atomic mass is 19.4. The maximum atomic E-state index is 12.6. The average Bonchev–Trinajstić information content (AvgIpc) is 2.35. The van der Waals surface area contributed by atoms with Gasteiger partial charge in [-0.25, -0.2) is 0 Å². The monoisotopic (exact) mass is 315 g/mol. The molecule has 0 bridgehead atoms. The van der Waals surface area contributed by atoms with Gasteiger partial charge in [0.05, 0.1) is 5.56 Å². The third kappa shape index (κ3) is 3.57. The van der Waals surface area contributed by atoms with Gasteiger partial charge < -0.3 is 4.74 Å². The minimum atomic E-state index is -4.31. The first-order valence-corrected chi connectivity index (χ1v) is 7.50. The van der Waals surface area contributed by atoms with Crippen molar-refractivity contribution in [1.29, 1.82) is 0 Å². The van der Waals surface area contributed by atoms with E-state index in [4.69, 9.17) is 4.74 Å². The number of hydrogen-bond donors (Lipinski definition) is 0. The first-order chi connectivity index (χ1) is 9.92. The fourth-order valence-electron chi connectivity index (χ4n) is 3.28. The number of piperidine rings is 1. The van der Waals surface area contributed by atoms with Crippen LogP contribution < -0.4 is 4.74 Å². The van der Waals surface area contributed by atoms with Crippen molar-refractivity contribution in [3.63, 3.8) is 0 Å². The molecule has 2 nitrogen and oxygen atoms in total. The molecule has 1 aliphatic heterocycles. The maximum absolute atomic E-state index is 12.6. The molecular weight excluding hydrogens is 291 g/mol. The van der Waals surface area contributed by atoms with E-state index in [0.29, 0.717) is 5.75 Å². The van der Waals surface area contributed by atoms with Gasteiger partial charge in [0.25, 0.3) is 0 Å². The SMILES string of the molecule is CN1C(C)(C)CC(Oc2ccc(C(F)(F)F)cc2)CC1(C)C. The van der Waals surface area contributed by atoms with E-state index in [1.54, 1.807) is 0 Å². The Hall–Kier alpha value is -1.23. The summed E-state index contributed by atoms with van der Waals surface area (Å²) in [7, 11) is 2.11. The molecule has 1 aromatic carbocycles. The molecule has 1 aromatic rings. The van der Waals surface area contributed by atoms with Crippen molar-refractivity contribution in [2.24, 2.45) is 0 Å². The Morgan fingerprint density at radius 2 is 1.45 bits per heavy atom. The van der Waals surface area contributed by atoms with Gasteiger partial charge in [0.2, 0.25) is 0 Å². The fraction of sp³-hybridized carbons (Fsp3) is 0.647. The third-order valence-corrected chi connectivity index (χ3v) is 4.75. The second-order valence-electron chi connectivity index (χ2n) is 7.35. The molecule has 0 unspecified atom stereocenters. The van der Waals surface area contributed by atoms with Crippen LogP contribution in [0.25, 0.3) is 0 Å². The van der Waals surface area contributed by atoms with Gasteiger partial charge in [-0.05, 0) is 59.0 Å². The summed E-state index contributed by atoms with van der Waals surface area (Å²) in [5.74, 6) is 0.495. The van der Waals surface area contributed by atoms with Crippen LogP contribution in [0.15, 0.2) is 24.3 Å². The molecule has 5 heteroatoms. The highest BCUT2D eigenvalue weighted by Crippen LogP contribution is 2.38. The molecule has 0 saturated carbocycles. The van der Waals surface area contributed by atoms with Crippen molar-refractivity contribution in [3.8, 4) is 5.75 Å². The minimum absolute atomic E-state index is 0.00191. The van der Waals surface area contributed by atoms with Crippen LogP contribution in [-0.4, -0.2) is 29.1 Å². The van der Waals surface area contributed by atoms with E-state index in [9.17, 15) is 13.2 Å². The number of halogens is 3. The van der Waals surface area contributed by atoms with Crippen molar-refractivity contribution in [2.75, 3.05) is 7.05 Å². The fourth-order valence-corrected chi connectivity index (χ4v) is 3.28. The predicted octanol–water partition coefficient (Wildman–Crippen LogP) is 4.74. The third-order valence-electron chi connectivity index (χ3n) is 4.75. The Labute approximate surface area is 130 Å². The zero-order chi connectivity index (χ0) is 16.8. The van der Waals surface area contributed by atoms with Gasteiger partial charge in [0, 0.05) is 23.9 Å². The normalized spacial score (nSPS) is 22.5. The molecule has 22 heavy (non-hydrogen) atoms. The molecular formula is C17H24F3NO. The van der Waals surface area contributed by atoms with Crippen LogP contribution in [0.4, 0.5) is 13.2 Å². The van der Waals surface area contributed by atoms with Crippen LogP contribution in [0.1, 0.15) is 46.1 Å². The van der Waals surface area contributed by atoms with E-state index >= 15 is 0 Å². The predicted molar refractivity (Wildman–Crippen MR) is 81.0 cm³/mol. The lowest BCUT2D eigenvalue weighted by atomic mass is 9.79. The van der Waals surface area contributed by atoms with E-state index in [1.165, 1.54) is 12.1 Å². The Bertz CT molecular complexity index is 502. The summed E-state index contributed by atoms with van der Waals surface area (Å²) >= 11 is 0. The van der Waals surface area contributed by atoms with Gasteiger partial charge in [-0.3, -0.25) is 4.90 Å². The summed E-state index contributed by atoms with van der Waals surface area (Å²) in [5.41, 5.74) is -0.680. The summed E-state index contributed by atoms with van der Waals surface area (Å²) in [6.07, 6.45) is -2.63. The Morgan fingerprint density at radius 3 is 1.86 bits per heavy atom. The number of hydrogen-bond acceptors (Lipinski definition) is 2. The molecule has 1 saturated heterocycles. The summed E-state index contributed by atoms with van der Waals surface area (Å²) in [5, 5.41) is 0. The Kier molecular flexibility index (Phi) is 4.24. The van der Waals surface area contributed by atoms with E-state index in [0.717, 1.165) is 25.0 Å². The first-order valence-electron chi connectivity index (χ1n) is 7.50. The minimum Gasteiger partial charge on any atom is -0.490 e. The quantitative estimate of drug-likeness (QED) is 0.782. The highest BCUT2D eigenvalue weighted by molar-refractivity contribution is 5.29. The smallest absolute Gasteiger partial charge is 0.416 e. The number of likely N-dealkylation sites (tertiary alicyclic amines) is 1. The zero-order valence-electron chi connectivity index (χ0n) is 13.8. The number of ether oxygens (including phenoxy) is 1. The summed E-state index contributed by atoms with van der Waals surface area (Å²) < 4.78 is 43.7. The molecule has 0 N–H and O–H groups in total. The second kappa shape index (κ2) is 5.44. The number of alkyl halides is 3. The van der Waals surface area contributed by atoms with E-state index in [1.807, 2.05) is 0 Å². The lowest BCUT2D eigenvalue weighted by molar-refractivity contribution is -0.137. The van der Waals surface area contributed by atoms with Crippen LogP contribution in [-0.2, 0) is 6.18 Å². The van der Waals surface area contributed by atoms with Crippen LogP contribution in [0.2, 0.25) is 0 Å². The van der Waals surface area contributed by atoms with E-state index in [-0.39, 0.29) is 17.2 Å². The van der Waals surface area contributed by atoms with Crippen molar-refractivity contribution < 1.29 is 17.9 Å². The Morgan fingerprint density at radius 1 is 1.00 bits per heavy atom. The molecule has 1 heterocycles. The van der Waals surface area contributed by atoms with Gasteiger partial charge >= 0.3 is 6.18 Å². The van der Waals surface area contributed by atoms with Crippen LogP contribution in [0.3, 0.4) is 0 Å². The van der Waals surface area contributed by atoms with Crippen LogP contribution in [0.5, 0.6) is 5.75 Å². The molecule has 2 rings (SSSR count). The number of rotatable bonds is 2. The highest BCUT2D eigenvalue weighted by Gasteiger charge is 2.44. The largest absolute Gasteiger partial charge is 0.490 e. The molecule has 1 aliphatic rings. The van der Waals surface area contributed by atoms with Crippen molar-refractivity contribution in [3.05, 3.63) is 29.8 Å². The van der Waals surface area contributed by atoms with Gasteiger partial charge in [-0.15, -0.1) is 0 Å². The molecule has 0 amide bonds. The topological polar surface area (TPSA) is 12.5 Å². The molecule has 0 aromatic heterocycles. The molecule has 0 atom stereocenters. The Balaban J connectivity index is 2.11. The number of benzene rings is 1. The summed E-state index contributed by atoms with van der Waals surface area (Å²) in [6.45, 7) is 8.65. The zero-order valence-corrected chi connectivity index (χ0v) is 13.8. The van der Waals surface area contributed by atoms with Gasteiger partial charge in [-0.2, -0.15) is 13.2 Å². The lowest BCUT2D eigenvalue weighted by Gasteiger charge is -2.53. The van der Waals surface area contributed by atoms with Crippen molar-refractivity contribution in [2.45, 2.75) is 63.9 Å². The van der Waals surface area contributed by atoms with Crippen molar-refractivity contribution in [1.82, 2.24) is 4.90 Å². The van der Waals surface area contributed by atoms with Gasteiger partial charge in [0.15, 0.2) is 0 Å².